The van der Waals surface area contributed by atoms with Crippen LogP contribution in [0.5, 0.6) is 0 Å². The predicted molar refractivity (Wildman–Crippen MR) is 68.3 cm³/mol. The fourth-order valence-corrected chi connectivity index (χ4v) is 1.37. The second kappa shape index (κ2) is 7.60. The predicted octanol–water partition coefficient (Wildman–Crippen LogP) is 1.75. The summed E-state index contributed by atoms with van der Waals surface area (Å²) in [7, 11) is 0. The summed E-state index contributed by atoms with van der Waals surface area (Å²) in [5.41, 5.74) is 5.44. The fourth-order valence-electron chi connectivity index (χ4n) is 0.989. The van der Waals surface area contributed by atoms with E-state index in [0.717, 1.165) is 5.09 Å². The number of nitrogens with one attached hydrogen (secondary N) is 1. The molecule has 1 heterocycles. The minimum atomic E-state index is -0.185. The summed E-state index contributed by atoms with van der Waals surface area (Å²) in [6.07, 6.45) is 1.90. The van der Waals surface area contributed by atoms with Crippen molar-refractivity contribution in [3.63, 3.8) is 0 Å². The van der Waals surface area contributed by atoms with Gasteiger partial charge in [0.25, 0.3) is 5.91 Å². The van der Waals surface area contributed by atoms with Crippen molar-refractivity contribution in [2.75, 3.05) is 19.3 Å². The Bertz CT molecular complexity index is 330. The van der Waals surface area contributed by atoms with Crippen molar-refractivity contribution in [3.8, 4) is 0 Å². The molecule has 1 unspecified atom stereocenters. The van der Waals surface area contributed by atoms with Crippen LogP contribution in [0.2, 0.25) is 0 Å². The number of carbonyl (C=O) groups excluding carboxylic acids is 1. The van der Waals surface area contributed by atoms with Crippen molar-refractivity contribution in [2.24, 2.45) is 11.7 Å². The highest BCUT2D eigenvalue weighted by Gasteiger charge is 2.11. The Kier molecular flexibility index (Phi) is 7.29. The summed E-state index contributed by atoms with van der Waals surface area (Å²) >= 11 is 1.47. The van der Waals surface area contributed by atoms with Gasteiger partial charge in [-0.15, -0.1) is 12.4 Å². The van der Waals surface area contributed by atoms with Crippen molar-refractivity contribution < 1.29 is 9.21 Å². The zero-order chi connectivity index (χ0) is 11.3. The Morgan fingerprint density at radius 2 is 2.31 bits per heavy atom. The summed E-state index contributed by atoms with van der Waals surface area (Å²) in [6, 6.07) is 3.46. The van der Waals surface area contributed by atoms with Gasteiger partial charge in [-0.05, 0) is 30.9 Å². The highest BCUT2D eigenvalue weighted by atomic mass is 35.5. The van der Waals surface area contributed by atoms with E-state index >= 15 is 0 Å². The molecule has 16 heavy (non-hydrogen) atoms. The van der Waals surface area contributed by atoms with Crippen molar-refractivity contribution in [3.05, 3.63) is 17.9 Å². The molecule has 0 aliphatic rings. The van der Waals surface area contributed by atoms with Gasteiger partial charge in [0, 0.05) is 6.54 Å². The zero-order valence-electron chi connectivity index (χ0n) is 9.36. The lowest BCUT2D eigenvalue weighted by molar-refractivity contribution is 0.0916. The Labute approximate surface area is 106 Å². The summed E-state index contributed by atoms with van der Waals surface area (Å²) in [4.78, 5) is 11.5. The van der Waals surface area contributed by atoms with Gasteiger partial charge < -0.3 is 15.5 Å². The van der Waals surface area contributed by atoms with Gasteiger partial charge in [-0.2, -0.15) is 0 Å². The molecule has 0 aliphatic heterocycles. The summed E-state index contributed by atoms with van der Waals surface area (Å²) < 4.78 is 5.28. The average molecular weight is 265 g/mol. The van der Waals surface area contributed by atoms with E-state index in [0.29, 0.717) is 18.8 Å². The molecule has 6 heteroatoms. The lowest BCUT2D eigenvalue weighted by Crippen LogP contribution is -2.30. The van der Waals surface area contributed by atoms with Gasteiger partial charge in [-0.1, -0.05) is 18.7 Å². The van der Waals surface area contributed by atoms with Crippen LogP contribution in [0.25, 0.3) is 0 Å². The molecule has 0 aliphatic carbocycles. The van der Waals surface area contributed by atoms with Crippen LogP contribution in [0.4, 0.5) is 0 Å². The summed E-state index contributed by atoms with van der Waals surface area (Å²) in [5, 5.41) is 3.51. The lowest BCUT2D eigenvalue weighted by atomic mass is 10.2. The molecular formula is C10H17ClN2O2S. The summed E-state index contributed by atoms with van der Waals surface area (Å²) in [6.45, 7) is 3.12. The molecule has 0 aromatic carbocycles. The first-order valence-corrected chi connectivity index (χ1v) is 6.02. The van der Waals surface area contributed by atoms with E-state index in [1.165, 1.54) is 11.8 Å². The molecule has 0 radical (unpaired) electrons. The third kappa shape index (κ3) is 4.47. The SMILES string of the molecule is CSc1ccc(C(=O)NCC(C)CN)o1.Cl. The van der Waals surface area contributed by atoms with Crippen LogP contribution in [0.3, 0.4) is 0 Å². The number of carbonyl (C=O) groups is 1. The van der Waals surface area contributed by atoms with Crippen LogP contribution >= 0.6 is 24.2 Å². The van der Waals surface area contributed by atoms with E-state index in [4.69, 9.17) is 10.2 Å². The first-order valence-electron chi connectivity index (χ1n) is 4.79. The van der Waals surface area contributed by atoms with Crippen LogP contribution in [0, 0.1) is 5.92 Å². The normalized spacial score (nSPS) is 11.7. The number of furan rings is 1. The van der Waals surface area contributed by atoms with Crippen LogP contribution in [-0.2, 0) is 0 Å². The molecule has 1 atom stereocenters. The van der Waals surface area contributed by atoms with Crippen molar-refractivity contribution >= 4 is 30.1 Å². The molecule has 1 rings (SSSR count). The third-order valence-electron chi connectivity index (χ3n) is 2.02. The Morgan fingerprint density at radius 3 is 2.81 bits per heavy atom. The van der Waals surface area contributed by atoms with E-state index in [1.807, 2.05) is 13.2 Å². The first kappa shape index (κ1) is 15.3. The molecule has 92 valence electrons. The van der Waals surface area contributed by atoms with Crippen LogP contribution in [-0.4, -0.2) is 25.3 Å². The smallest absolute Gasteiger partial charge is 0.287 e. The monoisotopic (exact) mass is 264 g/mol. The van der Waals surface area contributed by atoms with Crippen molar-refractivity contribution in [1.29, 1.82) is 0 Å². The largest absolute Gasteiger partial charge is 0.445 e. The van der Waals surface area contributed by atoms with Crippen molar-refractivity contribution in [1.82, 2.24) is 5.32 Å². The molecule has 1 aromatic heterocycles. The van der Waals surface area contributed by atoms with E-state index in [2.05, 4.69) is 5.32 Å². The number of rotatable bonds is 5. The Balaban J connectivity index is 0.00000225. The zero-order valence-corrected chi connectivity index (χ0v) is 11.0. The topological polar surface area (TPSA) is 68.3 Å². The second-order valence-electron chi connectivity index (χ2n) is 3.37. The molecule has 0 saturated heterocycles. The molecule has 0 fully saturated rings. The number of halogens is 1. The van der Waals surface area contributed by atoms with Gasteiger partial charge in [0.2, 0.25) is 0 Å². The van der Waals surface area contributed by atoms with Gasteiger partial charge >= 0.3 is 0 Å². The van der Waals surface area contributed by atoms with Gasteiger partial charge in [0.05, 0.1) is 0 Å². The quantitative estimate of drug-likeness (QED) is 0.795. The Morgan fingerprint density at radius 1 is 1.62 bits per heavy atom. The molecule has 3 N–H and O–H groups in total. The Hall–Kier alpha value is -0.650. The van der Waals surface area contributed by atoms with Gasteiger partial charge in [-0.3, -0.25) is 4.79 Å². The van der Waals surface area contributed by atoms with E-state index in [-0.39, 0.29) is 24.2 Å². The number of hydrogen-bond acceptors (Lipinski definition) is 4. The molecule has 1 amide bonds. The molecule has 0 spiro atoms. The van der Waals surface area contributed by atoms with Gasteiger partial charge in [0.15, 0.2) is 10.9 Å². The maximum atomic E-state index is 11.5. The molecular weight excluding hydrogens is 248 g/mol. The average Bonchev–Trinajstić information content (AvgIpc) is 2.73. The standard InChI is InChI=1S/C10H16N2O2S.ClH/c1-7(5-11)6-12-10(13)8-3-4-9(14-8)15-2;/h3-4,7H,5-6,11H2,1-2H3,(H,12,13);1H. The fraction of sp³-hybridized carbons (Fsp3) is 0.500. The molecule has 1 aromatic rings. The van der Waals surface area contributed by atoms with E-state index < -0.39 is 0 Å². The lowest BCUT2D eigenvalue weighted by Gasteiger charge is -2.08. The van der Waals surface area contributed by atoms with Gasteiger partial charge in [-0.25, -0.2) is 0 Å². The number of thioether (sulfide) groups is 1. The summed E-state index contributed by atoms with van der Waals surface area (Å²) in [5.74, 6) is 0.447. The second-order valence-corrected chi connectivity index (χ2v) is 4.18. The van der Waals surface area contributed by atoms with E-state index in [9.17, 15) is 4.79 Å². The highest BCUT2D eigenvalue weighted by Crippen LogP contribution is 2.17. The minimum Gasteiger partial charge on any atom is -0.445 e. The molecule has 4 nitrogen and oxygen atoms in total. The minimum absolute atomic E-state index is 0. The van der Waals surface area contributed by atoms with Crippen LogP contribution in [0.15, 0.2) is 21.6 Å². The van der Waals surface area contributed by atoms with E-state index in [1.54, 1.807) is 12.1 Å². The van der Waals surface area contributed by atoms with Gasteiger partial charge in [0.1, 0.15) is 0 Å². The molecule has 0 bridgehead atoms. The maximum absolute atomic E-state index is 11.5. The number of amides is 1. The van der Waals surface area contributed by atoms with Crippen LogP contribution in [0.1, 0.15) is 17.5 Å². The van der Waals surface area contributed by atoms with Crippen LogP contribution < -0.4 is 11.1 Å². The third-order valence-corrected chi connectivity index (χ3v) is 2.64. The maximum Gasteiger partial charge on any atom is 0.287 e. The number of hydrogen-bond donors (Lipinski definition) is 2. The number of nitrogens with two attached hydrogens (primary N) is 1. The first-order chi connectivity index (χ1) is 7.17. The van der Waals surface area contributed by atoms with Crippen molar-refractivity contribution in [2.45, 2.75) is 12.0 Å². The highest BCUT2D eigenvalue weighted by molar-refractivity contribution is 7.98. The molecule has 0 saturated carbocycles.